The van der Waals surface area contributed by atoms with Crippen LogP contribution in [0.1, 0.15) is 35.2 Å². The van der Waals surface area contributed by atoms with Gasteiger partial charge < -0.3 is 10.1 Å². The van der Waals surface area contributed by atoms with Crippen LogP contribution in [0.3, 0.4) is 0 Å². The van der Waals surface area contributed by atoms with Gasteiger partial charge in [0.15, 0.2) is 5.82 Å². The van der Waals surface area contributed by atoms with Crippen molar-refractivity contribution in [3.8, 4) is 5.75 Å². The quantitative estimate of drug-likeness (QED) is 0.699. The molecule has 2 heterocycles. The summed E-state index contributed by atoms with van der Waals surface area (Å²) in [6, 6.07) is 7.53. The highest BCUT2D eigenvalue weighted by atomic mass is 32.1. The van der Waals surface area contributed by atoms with Gasteiger partial charge in [0.05, 0.1) is 13.5 Å². The molecule has 3 aromatic rings. The van der Waals surface area contributed by atoms with E-state index in [0.717, 1.165) is 27.1 Å². The second-order valence-electron chi connectivity index (χ2n) is 6.15. The van der Waals surface area contributed by atoms with E-state index >= 15 is 0 Å². The van der Waals surface area contributed by atoms with Crippen molar-refractivity contribution in [3.63, 3.8) is 0 Å². The third kappa shape index (κ3) is 3.63. The fourth-order valence-corrected chi connectivity index (χ4v) is 3.51. The Kier molecular flexibility index (Phi) is 4.35. The molecule has 2 aromatic heterocycles. The molecule has 7 nitrogen and oxygen atoms in total. The second-order valence-corrected chi connectivity index (χ2v) is 7.19. The van der Waals surface area contributed by atoms with Gasteiger partial charge >= 0.3 is 0 Å². The summed E-state index contributed by atoms with van der Waals surface area (Å²) in [5, 5.41) is 16.9. The van der Waals surface area contributed by atoms with Crippen LogP contribution in [0.25, 0.3) is 4.96 Å². The zero-order chi connectivity index (χ0) is 17.2. The van der Waals surface area contributed by atoms with Gasteiger partial charge in [-0.3, -0.25) is 4.79 Å². The number of methoxy groups -OCH3 is 1. The Bertz CT molecular complexity index is 882. The molecule has 0 unspecified atom stereocenters. The van der Waals surface area contributed by atoms with Crippen molar-refractivity contribution < 1.29 is 9.53 Å². The minimum absolute atomic E-state index is 0.00633. The SMILES string of the molecule is COc1ccc(CC(=O)NCCc2nn3c(C4CC4)nnc3s2)cc1. The van der Waals surface area contributed by atoms with Crippen LogP contribution >= 0.6 is 11.3 Å². The predicted molar refractivity (Wildman–Crippen MR) is 94.0 cm³/mol. The van der Waals surface area contributed by atoms with Gasteiger partial charge in [-0.05, 0) is 30.5 Å². The lowest BCUT2D eigenvalue weighted by Crippen LogP contribution is -2.27. The molecule has 0 radical (unpaired) electrons. The molecule has 0 bridgehead atoms. The van der Waals surface area contributed by atoms with E-state index in [9.17, 15) is 4.79 Å². The number of nitrogens with zero attached hydrogens (tertiary/aromatic N) is 4. The van der Waals surface area contributed by atoms with Crippen LogP contribution in [0.5, 0.6) is 5.75 Å². The Morgan fingerprint density at radius 1 is 1.32 bits per heavy atom. The minimum Gasteiger partial charge on any atom is -0.497 e. The van der Waals surface area contributed by atoms with Crippen LogP contribution < -0.4 is 10.1 Å². The molecule has 1 saturated carbocycles. The molecule has 0 atom stereocenters. The summed E-state index contributed by atoms with van der Waals surface area (Å²) < 4.78 is 6.97. The van der Waals surface area contributed by atoms with E-state index in [0.29, 0.717) is 25.3 Å². The first kappa shape index (κ1) is 16.0. The molecule has 25 heavy (non-hydrogen) atoms. The fraction of sp³-hybridized carbons (Fsp3) is 0.412. The summed E-state index contributed by atoms with van der Waals surface area (Å²) >= 11 is 1.54. The average Bonchev–Trinajstić information content (AvgIpc) is 3.26. The number of hydrogen-bond acceptors (Lipinski definition) is 6. The maximum absolute atomic E-state index is 12.0. The Morgan fingerprint density at radius 3 is 2.84 bits per heavy atom. The molecule has 0 aliphatic heterocycles. The molecule has 8 heteroatoms. The van der Waals surface area contributed by atoms with Crippen molar-refractivity contribution in [1.82, 2.24) is 25.1 Å². The lowest BCUT2D eigenvalue weighted by molar-refractivity contribution is -0.120. The standard InChI is InChI=1S/C17H19N5O2S/c1-24-13-6-2-11(3-7-13)10-14(23)18-9-8-15-21-22-16(12-4-5-12)19-20-17(22)25-15/h2-3,6-7,12H,4-5,8-10H2,1H3,(H,18,23). The van der Waals surface area contributed by atoms with Crippen LogP contribution in [0.4, 0.5) is 0 Å². The van der Waals surface area contributed by atoms with Crippen molar-refractivity contribution in [2.75, 3.05) is 13.7 Å². The topological polar surface area (TPSA) is 81.4 Å². The van der Waals surface area contributed by atoms with Crippen molar-refractivity contribution in [2.45, 2.75) is 31.6 Å². The number of amides is 1. The van der Waals surface area contributed by atoms with Gasteiger partial charge in [0, 0.05) is 18.9 Å². The van der Waals surface area contributed by atoms with Crippen molar-refractivity contribution in [3.05, 3.63) is 40.7 Å². The summed E-state index contributed by atoms with van der Waals surface area (Å²) in [5.74, 6) is 2.29. The molecular formula is C17H19N5O2S. The van der Waals surface area contributed by atoms with Gasteiger partial charge in [-0.15, -0.1) is 10.2 Å². The summed E-state index contributed by atoms with van der Waals surface area (Å²) in [4.78, 5) is 12.9. The molecule has 1 aromatic carbocycles. The smallest absolute Gasteiger partial charge is 0.234 e. The summed E-state index contributed by atoms with van der Waals surface area (Å²) in [6.45, 7) is 0.567. The largest absolute Gasteiger partial charge is 0.497 e. The van der Waals surface area contributed by atoms with E-state index in [1.807, 2.05) is 28.8 Å². The van der Waals surface area contributed by atoms with Gasteiger partial charge in [0.2, 0.25) is 10.9 Å². The molecule has 1 fully saturated rings. The van der Waals surface area contributed by atoms with E-state index in [1.54, 1.807) is 7.11 Å². The third-order valence-electron chi connectivity index (χ3n) is 4.18. The molecule has 0 saturated heterocycles. The number of fused-ring (bicyclic) bond motifs is 1. The average molecular weight is 357 g/mol. The molecule has 1 N–H and O–H groups in total. The molecule has 4 rings (SSSR count). The highest BCUT2D eigenvalue weighted by Gasteiger charge is 2.29. The number of nitrogens with one attached hydrogen (secondary N) is 1. The second kappa shape index (κ2) is 6.79. The van der Waals surface area contributed by atoms with Crippen molar-refractivity contribution in [1.29, 1.82) is 0 Å². The summed E-state index contributed by atoms with van der Waals surface area (Å²) in [6.07, 6.45) is 3.41. The van der Waals surface area contributed by atoms with Crippen LogP contribution in [-0.2, 0) is 17.6 Å². The number of ether oxygens (including phenoxy) is 1. The minimum atomic E-state index is 0.00633. The molecule has 1 amide bonds. The number of hydrogen-bond donors (Lipinski definition) is 1. The highest BCUT2D eigenvalue weighted by Crippen LogP contribution is 2.39. The van der Waals surface area contributed by atoms with Gasteiger partial charge in [0.25, 0.3) is 0 Å². The normalized spacial score (nSPS) is 14.0. The number of aromatic nitrogens is 4. The zero-order valence-corrected chi connectivity index (χ0v) is 14.8. The monoisotopic (exact) mass is 357 g/mol. The van der Waals surface area contributed by atoms with E-state index in [-0.39, 0.29) is 5.91 Å². The number of rotatable bonds is 7. The van der Waals surface area contributed by atoms with Gasteiger partial charge in [0.1, 0.15) is 10.8 Å². The first-order valence-electron chi connectivity index (χ1n) is 8.33. The van der Waals surface area contributed by atoms with E-state index in [1.165, 1.54) is 24.2 Å². The molecule has 0 spiro atoms. The van der Waals surface area contributed by atoms with Gasteiger partial charge in [-0.25, -0.2) is 0 Å². The summed E-state index contributed by atoms with van der Waals surface area (Å²) in [7, 11) is 1.63. The lowest BCUT2D eigenvalue weighted by Gasteiger charge is -2.05. The predicted octanol–water partition coefficient (Wildman–Crippen LogP) is 1.97. The summed E-state index contributed by atoms with van der Waals surface area (Å²) in [5.41, 5.74) is 0.964. The Hall–Kier alpha value is -2.48. The maximum atomic E-state index is 12.0. The number of benzene rings is 1. The number of carbonyl (C=O) groups is 1. The van der Waals surface area contributed by atoms with Crippen molar-refractivity contribution >= 4 is 22.2 Å². The van der Waals surface area contributed by atoms with Crippen LogP contribution in [-0.4, -0.2) is 39.4 Å². The van der Waals surface area contributed by atoms with Gasteiger partial charge in [-0.2, -0.15) is 9.61 Å². The molecular weight excluding hydrogens is 338 g/mol. The van der Waals surface area contributed by atoms with Gasteiger partial charge in [-0.1, -0.05) is 23.5 Å². The number of carbonyl (C=O) groups excluding carboxylic acids is 1. The Balaban J connectivity index is 1.28. The highest BCUT2D eigenvalue weighted by molar-refractivity contribution is 7.16. The molecule has 130 valence electrons. The van der Waals surface area contributed by atoms with E-state index < -0.39 is 0 Å². The van der Waals surface area contributed by atoms with Crippen LogP contribution in [0, 0.1) is 0 Å². The third-order valence-corrected chi connectivity index (χ3v) is 5.14. The van der Waals surface area contributed by atoms with E-state index in [2.05, 4.69) is 20.6 Å². The lowest BCUT2D eigenvalue weighted by atomic mass is 10.1. The van der Waals surface area contributed by atoms with Crippen LogP contribution in [0.2, 0.25) is 0 Å². The van der Waals surface area contributed by atoms with Crippen LogP contribution in [0.15, 0.2) is 24.3 Å². The first-order valence-corrected chi connectivity index (χ1v) is 9.15. The van der Waals surface area contributed by atoms with E-state index in [4.69, 9.17) is 4.74 Å². The molecule has 1 aliphatic rings. The first-order chi connectivity index (χ1) is 12.2. The Morgan fingerprint density at radius 2 is 2.12 bits per heavy atom. The fourth-order valence-electron chi connectivity index (χ4n) is 2.67. The molecule has 1 aliphatic carbocycles. The zero-order valence-electron chi connectivity index (χ0n) is 13.9. The van der Waals surface area contributed by atoms with Crippen molar-refractivity contribution in [2.24, 2.45) is 0 Å². The Labute approximate surface area is 149 Å². The maximum Gasteiger partial charge on any atom is 0.234 e.